The van der Waals surface area contributed by atoms with Crippen LogP contribution in [0, 0.1) is 5.92 Å². The molecule has 0 aromatic carbocycles. The molecule has 1 aliphatic carbocycles. The molecule has 5 nitrogen and oxygen atoms in total. The SMILES string of the molecule is CN(CC(O)C1CC1)C(=O)c1ccn(C)c(=O)c1. The fraction of sp³-hybridized carbons (Fsp3) is 0.538. The Labute approximate surface area is 106 Å². The molecule has 1 amide bonds. The minimum atomic E-state index is -0.453. The average molecular weight is 250 g/mol. The second-order valence-electron chi connectivity index (χ2n) is 4.96. The van der Waals surface area contributed by atoms with E-state index in [1.54, 1.807) is 26.4 Å². The lowest BCUT2D eigenvalue weighted by atomic mass is 10.2. The van der Waals surface area contributed by atoms with E-state index in [1.807, 2.05) is 0 Å². The van der Waals surface area contributed by atoms with Gasteiger partial charge in [-0.3, -0.25) is 9.59 Å². The topological polar surface area (TPSA) is 62.5 Å². The first-order valence-electron chi connectivity index (χ1n) is 6.09. The Kier molecular flexibility index (Phi) is 3.52. The minimum Gasteiger partial charge on any atom is -0.391 e. The van der Waals surface area contributed by atoms with Crippen LogP contribution < -0.4 is 5.56 Å². The molecule has 0 saturated heterocycles. The lowest BCUT2D eigenvalue weighted by Crippen LogP contribution is -2.35. The number of hydrogen-bond acceptors (Lipinski definition) is 3. The summed E-state index contributed by atoms with van der Waals surface area (Å²) in [6, 6.07) is 2.94. The number of aryl methyl sites for hydroxylation is 1. The first-order chi connectivity index (χ1) is 8.49. The van der Waals surface area contributed by atoms with Crippen molar-refractivity contribution in [3.63, 3.8) is 0 Å². The normalized spacial score (nSPS) is 16.4. The second kappa shape index (κ2) is 4.94. The zero-order chi connectivity index (χ0) is 13.3. The Morgan fingerprint density at radius 2 is 2.28 bits per heavy atom. The molecule has 1 saturated carbocycles. The van der Waals surface area contributed by atoms with E-state index in [2.05, 4.69) is 0 Å². The van der Waals surface area contributed by atoms with Crippen molar-refractivity contribution in [2.45, 2.75) is 18.9 Å². The van der Waals surface area contributed by atoms with Crippen LogP contribution in [0.2, 0.25) is 0 Å². The number of carbonyl (C=O) groups excluding carboxylic acids is 1. The van der Waals surface area contributed by atoms with E-state index in [4.69, 9.17) is 0 Å². The van der Waals surface area contributed by atoms with Crippen molar-refractivity contribution in [3.05, 3.63) is 34.2 Å². The molecule has 0 aliphatic heterocycles. The summed E-state index contributed by atoms with van der Waals surface area (Å²) >= 11 is 0. The third kappa shape index (κ3) is 2.79. The summed E-state index contributed by atoms with van der Waals surface area (Å²) < 4.78 is 1.41. The molecule has 0 radical (unpaired) electrons. The van der Waals surface area contributed by atoms with E-state index >= 15 is 0 Å². The van der Waals surface area contributed by atoms with Crippen molar-refractivity contribution < 1.29 is 9.90 Å². The van der Waals surface area contributed by atoms with Crippen molar-refractivity contribution in [3.8, 4) is 0 Å². The highest BCUT2D eigenvalue weighted by atomic mass is 16.3. The van der Waals surface area contributed by atoms with Gasteiger partial charge in [0.1, 0.15) is 0 Å². The van der Waals surface area contributed by atoms with Crippen LogP contribution in [0.25, 0.3) is 0 Å². The molecule has 1 aromatic rings. The maximum absolute atomic E-state index is 12.1. The largest absolute Gasteiger partial charge is 0.391 e. The van der Waals surface area contributed by atoms with Gasteiger partial charge in [-0.05, 0) is 24.8 Å². The van der Waals surface area contributed by atoms with E-state index in [1.165, 1.54) is 15.5 Å². The van der Waals surface area contributed by atoms with E-state index in [-0.39, 0.29) is 11.5 Å². The van der Waals surface area contributed by atoms with Gasteiger partial charge in [-0.15, -0.1) is 0 Å². The lowest BCUT2D eigenvalue weighted by Gasteiger charge is -2.20. The van der Waals surface area contributed by atoms with Crippen LogP contribution in [0.4, 0.5) is 0 Å². The summed E-state index contributed by atoms with van der Waals surface area (Å²) in [5, 5.41) is 9.79. The molecular weight excluding hydrogens is 232 g/mol. The van der Waals surface area contributed by atoms with Gasteiger partial charge in [0.05, 0.1) is 6.10 Å². The van der Waals surface area contributed by atoms with Gasteiger partial charge in [0.25, 0.3) is 11.5 Å². The van der Waals surface area contributed by atoms with Crippen molar-refractivity contribution in [2.75, 3.05) is 13.6 Å². The molecule has 1 aliphatic rings. The highest BCUT2D eigenvalue weighted by molar-refractivity contribution is 5.93. The average Bonchev–Trinajstić information content (AvgIpc) is 3.15. The fourth-order valence-electron chi connectivity index (χ4n) is 1.90. The Morgan fingerprint density at radius 3 is 2.83 bits per heavy atom. The summed E-state index contributed by atoms with van der Waals surface area (Å²) in [6.07, 6.45) is 3.19. The Hall–Kier alpha value is -1.62. The molecule has 1 heterocycles. The summed E-state index contributed by atoms with van der Waals surface area (Å²) in [5.41, 5.74) is 0.153. The molecule has 5 heteroatoms. The van der Waals surface area contributed by atoms with Gasteiger partial charge in [-0.1, -0.05) is 0 Å². The van der Waals surface area contributed by atoms with E-state index in [0.717, 1.165) is 12.8 Å². The molecule has 2 rings (SSSR count). The molecule has 1 aromatic heterocycles. The number of aliphatic hydroxyl groups is 1. The summed E-state index contributed by atoms with van der Waals surface area (Å²) in [4.78, 5) is 25.0. The molecular formula is C13H18N2O3. The standard InChI is InChI=1S/C13H18N2O3/c1-14-6-5-10(7-12(14)17)13(18)15(2)8-11(16)9-3-4-9/h5-7,9,11,16H,3-4,8H2,1-2H3. The zero-order valence-electron chi connectivity index (χ0n) is 10.7. The van der Waals surface area contributed by atoms with Gasteiger partial charge in [-0.25, -0.2) is 0 Å². The van der Waals surface area contributed by atoms with E-state index in [9.17, 15) is 14.7 Å². The number of aliphatic hydroxyl groups excluding tert-OH is 1. The summed E-state index contributed by atoms with van der Waals surface area (Å²) in [6.45, 7) is 0.318. The van der Waals surface area contributed by atoms with Gasteiger partial charge in [-0.2, -0.15) is 0 Å². The first-order valence-corrected chi connectivity index (χ1v) is 6.09. The van der Waals surface area contributed by atoms with Crippen LogP contribution in [0.15, 0.2) is 23.1 Å². The fourth-order valence-corrected chi connectivity index (χ4v) is 1.90. The number of amides is 1. The Balaban J connectivity index is 2.04. The first kappa shape index (κ1) is 12.8. The Bertz CT molecular complexity index is 505. The number of hydrogen-bond donors (Lipinski definition) is 1. The lowest BCUT2D eigenvalue weighted by molar-refractivity contribution is 0.0645. The number of pyridine rings is 1. The smallest absolute Gasteiger partial charge is 0.253 e. The molecule has 1 N–H and O–H groups in total. The van der Waals surface area contributed by atoms with Gasteiger partial charge in [0.15, 0.2) is 0 Å². The Morgan fingerprint density at radius 1 is 1.61 bits per heavy atom. The zero-order valence-corrected chi connectivity index (χ0v) is 10.7. The minimum absolute atomic E-state index is 0.211. The number of nitrogens with zero attached hydrogens (tertiary/aromatic N) is 2. The molecule has 0 spiro atoms. The third-order valence-electron chi connectivity index (χ3n) is 3.33. The molecule has 1 fully saturated rings. The van der Waals surface area contributed by atoms with Crippen molar-refractivity contribution in [2.24, 2.45) is 13.0 Å². The highest BCUT2D eigenvalue weighted by Gasteiger charge is 2.31. The van der Waals surface area contributed by atoms with Gasteiger partial charge in [0, 0.05) is 38.5 Å². The molecule has 0 bridgehead atoms. The monoisotopic (exact) mass is 250 g/mol. The van der Waals surface area contributed by atoms with Crippen LogP contribution in [-0.4, -0.2) is 40.2 Å². The van der Waals surface area contributed by atoms with Crippen LogP contribution in [0.1, 0.15) is 23.2 Å². The third-order valence-corrected chi connectivity index (χ3v) is 3.33. The second-order valence-corrected chi connectivity index (χ2v) is 4.96. The van der Waals surface area contributed by atoms with Crippen molar-refractivity contribution in [1.82, 2.24) is 9.47 Å². The molecule has 18 heavy (non-hydrogen) atoms. The van der Waals surface area contributed by atoms with E-state index < -0.39 is 6.10 Å². The van der Waals surface area contributed by atoms with Crippen LogP contribution in [0.5, 0.6) is 0 Å². The highest BCUT2D eigenvalue weighted by Crippen LogP contribution is 2.32. The maximum atomic E-state index is 12.1. The predicted molar refractivity (Wildman–Crippen MR) is 67.4 cm³/mol. The molecule has 98 valence electrons. The van der Waals surface area contributed by atoms with Crippen LogP contribution in [0.3, 0.4) is 0 Å². The summed E-state index contributed by atoms with van der Waals surface area (Å²) in [7, 11) is 3.28. The number of carbonyl (C=O) groups is 1. The molecule has 1 unspecified atom stereocenters. The van der Waals surface area contributed by atoms with Crippen LogP contribution >= 0.6 is 0 Å². The number of aromatic nitrogens is 1. The van der Waals surface area contributed by atoms with Crippen LogP contribution in [-0.2, 0) is 7.05 Å². The molecule has 1 atom stereocenters. The van der Waals surface area contributed by atoms with Crippen molar-refractivity contribution >= 4 is 5.91 Å². The van der Waals surface area contributed by atoms with Gasteiger partial charge in [0.2, 0.25) is 0 Å². The summed E-state index contributed by atoms with van der Waals surface area (Å²) in [5.74, 6) is 0.108. The van der Waals surface area contributed by atoms with Gasteiger partial charge >= 0.3 is 0 Å². The van der Waals surface area contributed by atoms with Gasteiger partial charge < -0.3 is 14.6 Å². The maximum Gasteiger partial charge on any atom is 0.253 e. The predicted octanol–water partition coefficient (Wildman–Crippen LogP) is 0.228. The van der Waals surface area contributed by atoms with Crippen molar-refractivity contribution in [1.29, 1.82) is 0 Å². The number of likely N-dealkylation sites (N-methyl/N-ethyl adjacent to an activating group) is 1. The van der Waals surface area contributed by atoms with E-state index in [0.29, 0.717) is 18.0 Å². The quantitative estimate of drug-likeness (QED) is 0.832. The number of rotatable bonds is 4.